The predicted molar refractivity (Wildman–Crippen MR) is 113 cm³/mol. The maximum Gasteiger partial charge on any atom is 0.316 e. The summed E-state index contributed by atoms with van der Waals surface area (Å²) >= 11 is 0. The van der Waals surface area contributed by atoms with Crippen LogP contribution >= 0.6 is 0 Å². The van der Waals surface area contributed by atoms with Gasteiger partial charge in [0.05, 0.1) is 13.2 Å². The molecule has 0 spiro atoms. The van der Waals surface area contributed by atoms with Crippen molar-refractivity contribution < 1.29 is 19.1 Å². The molecule has 1 N–H and O–H groups in total. The van der Waals surface area contributed by atoms with Gasteiger partial charge in [0.15, 0.2) is 11.5 Å². The number of aryl methyl sites for hydroxylation is 1. The molecule has 2 aromatic rings. The third-order valence-electron chi connectivity index (χ3n) is 4.86. The van der Waals surface area contributed by atoms with Crippen molar-refractivity contribution >= 4 is 17.5 Å². The first kappa shape index (κ1) is 20.7. The lowest BCUT2D eigenvalue weighted by Gasteiger charge is -2.28. The van der Waals surface area contributed by atoms with E-state index in [9.17, 15) is 9.59 Å². The number of hydrogen-bond donors (Lipinski definition) is 1. The van der Waals surface area contributed by atoms with Gasteiger partial charge >= 0.3 is 11.8 Å². The minimum Gasteiger partial charge on any atom is -0.490 e. The fraction of sp³-hybridized carbons (Fsp3) is 0.391. The van der Waals surface area contributed by atoms with Crippen LogP contribution in [0.3, 0.4) is 0 Å². The predicted octanol–water partition coefficient (Wildman–Crippen LogP) is 3.12. The molecule has 0 radical (unpaired) electrons. The summed E-state index contributed by atoms with van der Waals surface area (Å²) in [6.07, 6.45) is 2.39. The first-order valence-electron chi connectivity index (χ1n) is 10.2. The molecular weight excluding hydrogens is 368 g/mol. The lowest BCUT2D eigenvalue weighted by atomic mass is 10.0. The van der Waals surface area contributed by atoms with E-state index in [-0.39, 0.29) is 0 Å². The topological polar surface area (TPSA) is 67.9 Å². The molecule has 0 fully saturated rings. The Balaban J connectivity index is 1.57. The Kier molecular flexibility index (Phi) is 7.11. The molecule has 1 aliphatic heterocycles. The van der Waals surface area contributed by atoms with Crippen LogP contribution in [0.2, 0.25) is 0 Å². The molecular formula is C23H28N2O4. The van der Waals surface area contributed by atoms with Crippen LogP contribution in [0.15, 0.2) is 42.5 Å². The zero-order valence-corrected chi connectivity index (χ0v) is 17.1. The highest BCUT2D eigenvalue weighted by Gasteiger charge is 2.26. The summed E-state index contributed by atoms with van der Waals surface area (Å²) in [5, 5.41) is 2.75. The average molecular weight is 396 g/mol. The smallest absolute Gasteiger partial charge is 0.316 e. The molecule has 0 bridgehead atoms. The van der Waals surface area contributed by atoms with Crippen molar-refractivity contribution in [3.8, 4) is 11.5 Å². The van der Waals surface area contributed by atoms with Gasteiger partial charge in [0.25, 0.3) is 0 Å². The van der Waals surface area contributed by atoms with E-state index in [1.54, 1.807) is 4.90 Å². The summed E-state index contributed by atoms with van der Waals surface area (Å²) in [6, 6.07) is 13.5. The van der Waals surface area contributed by atoms with Crippen molar-refractivity contribution in [2.45, 2.75) is 33.1 Å². The number of hydrogen-bond acceptors (Lipinski definition) is 4. The van der Waals surface area contributed by atoms with E-state index in [0.717, 1.165) is 29.7 Å². The standard InChI is InChI=1S/C23H28N2O4/c1-3-28-20-12-11-17(16-21(20)29-4-2)13-14-24-22(26)23(27)25-15-7-9-18-8-5-6-10-19(18)25/h5-6,8,10-12,16H,3-4,7,9,13-15H2,1-2H3,(H,24,26). The van der Waals surface area contributed by atoms with Crippen molar-refractivity contribution in [2.24, 2.45) is 0 Å². The summed E-state index contributed by atoms with van der Waals surface area (Å²) in [7, 11) is 0. The Morgan fingerprint density at radius 3 is 2.59 bits per heavy atom. The van der Waals surface area contributed by atoms with Crippen LogP contribution in [-0.2, 0) is 22.4 Å². The Morgan fingerprint density at radius 1 is 1.03 bits per heavy atom. The minimum absolute atomic E-state index is 0.375. The second-order valence-electron chi connectivity index (χ2n) is 6.84. The summed E-state index contributed by atoms with van der Waals surface area (Å²) in [5.74, 6) is 0.330. The second kappa shape index (κ2) is 9.96. The van der Waals surface area contributed by atoms with E-state index in [1.807, 2.05) is 56.3 Å². The van der Waals surface area contributed by atoms with Gasteiger partial charge in [-0.2, -0.15) is 0 Å². The Bertz CT molecular complexity index is 866. The number of nitrogens with one attached hydrogen (secondary N) is 1. The Hall–Kier alpha value is -3.02. The molecule has 6 nitrogen and oxygen atoms in total. The number of benzene rings is 2. The number of fused-ring (bicyclic) bond motifs is 1. The normalized spacial score (nSPS) is 12.8. The Labute approximate surface area is 171 Å². The van der Waals surface area contributed by atoms with Crippen molar-refractivity contribution in [2.75, 3.05) is 31.2 Å². The number of anilines is 1. The highest BCUT2D eigenvalue weighted by Crippen LogP contribution is 2.29. The van der Waals surface area contributed by atoms with Crippen molar-refractivity contribution in [1.29, 1.82) is 0 Å². The van der Waals surface area contributed by atoms with Gasteiger partial charge in [-0.1, -0.05) is 24.3 Å². The van der Waals surface area contributed by atoms with Crippen LogP contribution in [0.1, 0.15) is 31.4 Å². The number of carbonyl (C=O) groups is 2. The van der Waals surface area contributed by atoms with Gasteiger partial charge in [-0.15, -0.1) is 0 Å². The van der Waals surface area contributed by atoms with E-state index in [4.69, 9.17) is 9.47 Å². The van der Waals surface area contributed by atoms with Gasteiger partial charge in [-0.25, -0.2) is 0 Å². The van der Waals surface area contributed by atoms with Crippen LogP contribution in [0.4, 0.5) is 5.69 Å². The molecule has 2 aromatic carbocycles. The van der Waals surface area contributed by atoms with Crippen LogP contribution in [-0.4, -0.2) is 38.1 Å². The maximum absolute atomic E-state index is 12.6. The number of rotatable bonds is 7. The lowest BCUT2D eigenvalue weighted by Crippen LogP contribution is -2.45. The molecule has 154 valence electrons. The van der Waals surface area contributed by atoms with Gasteiger partial charge in [-0.3, -0.25) is 9.59 Å². The monoisotopic (exact) mass is 396 g/mol. The van der Waals surface area contributed by atoms with Crippen molar-refractivity contribution in [1.82, 2.24) is 5.32 Å². The Morgan fingerprint density at radius 2 is 1.79 bits per heavy atom. The van der Waals surface area contributed by atoms with E-state index >= 15 is 0 Å². The van der Waals surface area contributed by atoms with Gasteiger partial charge in [0, 0.05) is 18.8 Å². The number of para-hydroxylation sites is 1. The quantitative estimate of drug-likeness (QED) is 0.730. The summed E-state index contributed by atoms with van der Waals surface area (Å²) in [4.78, 5) is 26.6. The third kappa shape index (κ3) is 5.08. The fourth-order valence-electron chi connectivity index (χ4n) is 3.51. The molecule has 0 saturated carbocycles. The molecule has 1 aliphatic rings. The largest absolute Gasteiger partial charge is 0.490 e. The minimum atomic E-state index is -0.572. The molecule has 0 unspecified atom stereocenters. The fourth-order valence-corrected chi connectivity index (χ4v) is 3.51. The van der Waals surface area contributed by atoms with Crippen LogP contribution < -0.4 is 19.7 Å². The van der Waals surface area contributed by atoms with Crippen molar-refractivity contribution in [3.05, 3.63) is 53.6 Å². The molecule has 0 atom stereocenters. The van der Waals surface area contributed by atoms with Gasteiger partial charge in [0.2, 0.25) is 0 Å². The van der Waals surface area contributed by atoms with Crippen LogP contribution in [0, 0.1) is 0 Å². The molecule has 6 heteroatoms. The average Bonchev–Trinajstić information content (AvgIpc) is 2.75. The van der Waals surface area contributed by atoms with E-state index in [1.165, 1.54) is 0 Å². The van der Waals surface area contributed by atoms with Crippen LogP contribution in [0.25, 0.3) is 0 Å². The second-order valence-corrected chi connectivity index (χ2v) is 6.84. The van der Waals surface area contributed by atoms with Gasteiger partial charge in [-0.05, 0) is 62.4 Å². The first-order chi connectivity index (χ1) is 14.1. The van der Waals surface area contributed by atoms with E-state index < -0.39 is 11.8 Å². The molecule has 3 rings (SSSR count). The highest BCUT2D eigenvalue weighted by atomic mass is 16.5. The number of ether oxygens (including phenoxy) is 2. The zero-order chi connectivity index (χ0) is 20.6. The molecule has 0 aliphatic carbocycles. The van der Waals surface area contributed by atoms with Gasteiger partial charge < -0.3 is 19.7 Å². The highest BCUT2D eigenvalue weighted by molar-refractivity contribution is 6.40. The molecule has 0 aromatic heterocycles. The molecule has 29 heavy (non-hydrogen) atoms. The maximum atomic E-state index is 12.6. The van der Waals surface area contributed by atoms with Crippen molar-refractivity contribution in [3.63, 3.8) is 0 Å². The number of carbonyl (C=O) groups excluding carboxylic acids is 2. The van der Waals surface area contributed by atoms with Gasteiger partial charge in [0.1, 0.15) is 0 Å². The van der Waals surface area contributed by atoms with E-state index in [0.29, 0.717) is 44.2 Å². The third-order valence-corrected chi connectivity index (χ3v) is 4.86. The van der Waals surface area contributed by atoms with E-state index in [2.05, 4.69) is 5.32 Å². The summed E-state index contributed by atoms with van der Waals surface area (Å²) in [6.45, 7) is 5.91. The lowest BCUT2D eigenvalue weighted by molar-refractivity contribution is -0.137. The first-order valence-corrected chi connectivity index (χ1v) is 10.2. The zero-order valence-electron chi connectivity index (χ0n) is 17.1. The number of nitrogens with zero attached hydrogens (tertiary/aromatic N) is 1. The summed E-state index contributed by atoms with van der Waals surface area (Å²) in [5.41, 5.74) is 2.96. The number of amides is 2. The van der Waals surface area contributed by atoms with Crippen LogP contribution in [0.5, 0.6) is 11.5 Å². The SMILES string of the molecule is CCOc1ccc(CCNC(=O)C(=O)N2CCCc3ccccc32)cc1OCC. The molecule has 1 heterocycles. The molecule has 2 amide bonds. The molecule has 0 saturated heterocycles. The summed E-state index contributed by atoms with van der Waals surface area (Å²) < 4.78 is 11.2.